The van der Waals surface area contributed by atoms with Crippen LogP contribution in [0.15, 0.2) is 47.8 Å². The third-order valence-corrected chi connectivity index (χ3v) is 7.30. The molecule has 34 heavy (non-hydrogen) atoms. The SMILES string of the molecule is Cn1cnc(-c2ccc(-c3cnc(N(C4CC4)[C@@H]4C[C@H]5CC[C@H](N5)[C@@H]4F)cn3)c(O)c2)cc1=O. The molecule has 4 heterocycles. The van der Waals surface area contributed by atoms with E-state index >= 15 is 4.39 Å². The fourth-order valence-corrected chi connectivity index (χ4v) is 5.35. The summed E-state index contributed by atoms with van der Waals surface area (Å²) >= 11 is 0. The number of nitrogens with zero attached hydrogens (tertiary/aromatic N) is 5. The minimum absolute atomic E-state index is 0.0276. The van der Waals surface area contributed by atoms with Gasteiger partial charge in [-0.3, -0.25) is 9.78 Å². The molecule has 3 aliphatic rings. The van der Waals surface area contributed by atoms with Crippen LogP contribution >= 0.6 is 0 Å². The molecule has 3 aromatic rings. The summed E-state index contributed by atoms with van der Waals surface area (Å²) in [6, 6.07) is 7.00. The van der Waals surface area contributed by atoms with Crippen molar-refractivity contribution in [3.8, 4) is 28.3 Å². The Hall–Kier alpha value is -3.33. The molecule has 1 saturated carbocycles. The largest absolute Gasteiger partial charge is 0.507 e. The molecule has 0 radical (unpaired) electrons. The first-order valence-corrected chi connectivity index (χ1v) is 11.8. The second-order valence-electron chi connectivity index (χ2n) is 9.65. The van der Waals surface area contributed by atoms with Crippen molar-refractivity contribution >= 4 is 5.82 Å². The fraction of sp³-hybridized carbons (Fsp3) is 0.440. The Morgan fingerprint density at radius 3 is 2.65 bits per heavy atom. The number of phenolic OH excluding ortho intramolecular Hbond substituents is 1. The van der Waals surface area contributed by atoms with Crippen molar-refractivity contribution in [3.05, 3.63) is 53.3 Å². The zero-order chi connectivity index (χ0) is 23.4. The van der Waals surface area contributed by atoms with Gasteiger partial charge in [0.2, 0.25) is 0 Å². The van der Waals surface area contributed by atoms with Crippen molar-refractivity contribution in [1.29, 1.82) is 0 Å². The maximum absolute atomic E-state index is 15.3. The van der Waals surface area contributed by atoms with Gasteiger partial charge in [-0.1, -0.05) is 6.07 Å². The van der Waals surface area contributed by atoms with E-state index < -0.39 is 6.17 Å². The molecule has 3 fully saturated rings. The first kappa shape index (κ1) is 21.2. The Kier molecular flexibility index (Phi) is 5.09. The second kappa shape index (κ2) is 8.16. The van der Waals surface area contributed by atoms with Crippen LogP contribution in [0.5, 0.6) is 5.75 Å². The number of piperidine rings is 1. The third-order valence-electron chi connectivity index (χ3n) is 7.30. The maximum Gasteiger partial charge on any atom is 0.253 e. The molecule has 2 N–H and O–H groups in total. The van der Waals surface area contributed by atoms with E-state index in [1.165, 1.54) is 17.0 Å². The molecule has 2 bridgehead atoms. The van der Waals surface area contributed by atoms with Gasteiger partial charge in [0.1, 0.15) is 17.7 Å². The lowest BCUT2D eigenvalue weighted by atomic mass is 9.96. The number of aromatic nitrogens is 4. The van der Waals surface area contributed by atoms with Crippen LogP contribution in [0.3, 0.4) is 0 Å². The first-order valence-electron chi connectivity index (χ1n) is 11.8. The number of hydrogen-bond acceptors (Lipinski definition) is 7. The smallest absolute Gasteiger partial charge is 0.253 e. The molecule has 1 aromatic carbocycles. The van der Waals surface area contributed by atoms with E-state index in [0.717, 1.165) is 32.1 Å². The van der Waals surface area contributed by atoms with Crippen LogP contribution in [-0.2, 0) is 7.05 Å². The highest BCUT2D eigenvalue weighted by Crippen LogP contribution is 2.40. The molecular weight excluding hydrogens is 435 g/mol. The molecule has 6 rings (SSSR count). The second-order valence-corrected chi connectivity index (χ2v) is 9.65. The Balaban J connectivity index is 1.26. The van der Waals surface area contributed by atoms with Gasteiger partial charge in [-0.15, -0.1) is 0 Å². The van der Waals surface area contributed by atoms with Crippen molar-refractivity contribution in [1.82, 2.24) is 24.8 Å². The van der Waals surface area contributed by atoms with E-state index in [1.807, 2.05) is 0 Å². The molecule has 2 aromatic heterocycles. The molecule has 0 unspecified atom stereocenters. The summed E-state index contributed by atoms with van der Waals surface area (Å²) in [5.74, 6) is 0.723. The van der Waals surface area contributed by atoms with Gasteiger partial charge in [-0.05, 0) is 44.2 Å². The number of aryl methyl sites for hydroxylation is 1. The molecule has 0 amide bonds. The minimum Gasteiger partial charge on any atom is -0.507 e. The van der Waals surface area contributed by atoms with Crippen LogP contribution in [0.1, 0.15) is 32.1 Å². The lowest BCUT2D eigenvalue weighted by Gasteiger charge is -2.41. The van der Waals surface area contributed by atoms with Crippen LogP contribution in [0.4, 0.5) is 10.2 Å². The number of fused-ring (bicyclic) bond motifs is 2. The number of rotatable bonds is 5. The van der Waals surface area contributed by atoms with Gasteiger partial charge >= 0.3 is 0 Å². The molecule has 4 atom stereocenters. The predicted octanol–water partition coefficient (Wildman–Crippen LogP) is 2.81. The van der Waals surface area contributed by atoms with Gasteiger partial charge < -0.3 is 19.9 Å². The number of hydrogen-bond donors (Lipinski definition) is 2. The van der Waals surface area contributed by atoms with Gasteiger partial charge in [0.05, 0.1) is 36.2 Å². The number of alkyl halides is 1. The van der Waals surface area contributed by atoms with Gasteiger partial charge in [0.15, 0.2) is 0 Å². The zero-order valence-electron chi connectivity index (χ0n) is 18.9. The van der Waals surface area contributed by atoms with E-state index in [9.17, 15) is 9.90 Å². The summed E-state index contributed by atoms with van der Waals surface area (Å²) in [5.41, 5.74) is 2.02. The normalized spacial score (nSPS) is 25.9. The van der Waals surface area contributed by atoms with Crippen LogP contribution in [0.2, 0.25) is 0 Å². The highest BCUT2D eigenvalue weighted by atomic mass is 19.1. The van der Waals surface area contributed by atoms with Gasteiger partial charge in [-0.25, -0.2) is 14.4 Å². The van der Waals surface area contributed by atoms with E-state index in [4.69, 9.17) is 0 Å². The number of aromatic hydroxyl groups is 1. The fourth-order valence-electron chi connectivity index (χ4n) is 5.35. The van der Waals surface area contributed by atoms with E-state index in [2.05, 4.69) is 25.2 Å². The maximum atomic E-state index is 15.3. The Morgan fingerprint density at radius 1 is 1.09 bits per heavy atom. The van der Waals surface area contributed by atoms with Crippen molar-refractivity contribution in [2.45, 2.75) is 62.4 Å². The van der Waals surface area contributed by atoms with Crippen LogP contribution in [-0.4, -0.2) is 55.0 Å². The molecule has 2 aliphatic heterocycles. The van der Waals surface area contributed by atoms with Crippen LogP contribution in [0.25, 0.3) is 22.5 Å². The number of anilines is 1. The van der Waals surface area contributed by atoms with E-state index in [-0.39, 0.29) is 23.4 Å². The minimum atomic E-state index is -0.916. The van der Waals surface area contributed by atoms with Crippen molar-refractivity contribution in [3.63, 3.8) is 0 Å². The molecule has 176 valence electrons. The highest BCUT2D eigenvalue weighted by molar-refractivity contribution is 5.72. The van der Waals surface area contributed by atoms with Crippen molar-refractivity contribution in [2.24, 2.45) is 7.05 Å². The molecule has 8 nitrogen and oxygen atoms in total. The van der Waals surface area contributed by atoms with Crippen LogP contribution in [0, 0.1) is 0 Å². The summed E-state index contributed by atoms with van der Waals surface area (Å²) in [7, 11) is 1.63. The average molecular weight is 463 g/mol. The van der Waals surface area contributed by atoms with Gasteiger partial charge in [0.25, 0.3) is 5.56 Å². The number of phenols is 1. The molecule has 2 saturated heterocycles. The highest BCUT2D eigenvalue weighted by Gasteiger charge is 2.48. The Labute approximate surface area is 196 Å². The first-order chi connectivity index (χ1) is 16.5. The predicted molar refractivity (Wildman–Crippen MR) is 126 cm³/mol. The van der Waals surface area contributed by atoms with E-state index in [0.29, 0.717) is 40.4 Å². The summed E-state index contributed by atoms with van der Waals surface area (Å²) in [4.78, 5) is 27.5. The Morgan fingerprint density at radius 2 is 1.94 bits per heavy atom. The van der Waals surface area contributed by atoms with Gasteiger partial charge in [-0.2, -0.15) is 0 Å². The Bertz CT molecular complexity index is 1280. The third kappa shape index (κ3) is 3.73. The topological polar surface area (TPSA) is 96.2 Å². The monoisotopic (exact) mass is 462 g/mol. The zero-order valence-corrected chi connectivity index (χ0v) is 18.9. The molecule has 0 spiro atoms. The summed E-state index contributed by atoms with van der Waals surface area (Å²) in [6.45, 7) is 0. The number of nitrogens with one attached hydrogen (secondary N) is 1. The summed E-state index contributed by atoms with van der Waals surface area (Å²) in [6.07, 6.45) is 8.69. The van der Waals surface area contributed by atoms with E-state index in [1.54, 1.807) is 37.6 Å². The molecule has 9 heteroatoms. The lowest BCUT2D eigenvalue weighted by Crippen LogP contribution is -2.57. The number of halogens is 1. The summed E-state index contributed by atoms with van der Waals surface area (Å²) in [5, 5.41) is 14.1. The molecule has 1 aliphatic carbocycles. The lowest BCUT2D eigenvalue weighted by molar-refractivity contribution is 0.171. The molecular formula is C25H27FN6O2. The average Bonchev–Trinajstić information content (AvgIpc) is 3.59. The van der Waals surface area contributed by atoms with Gasteiger partial charge in [0, 0.05) is 42.4 Å². The summed E-state index contributed by atoms with van der Waals surface area (Å²) < 4.78 is 16.7. The van der Waals surface area contributed by atoms with Crippen LogP contribution < -0.4 is 15.8 Å². The quantitative estimate of drug-likeness (QED) is 0.602. The standard InChI is InChI=1S/C25H27FN6O2/c1-31-13-29-19(10-24(31)34)14-2-6-17(22(33)8-14)20-11-28-23(12-27-20)32(16-4-5-16)21-9-15-3-7-18(30-15)25(21)26/h2,6,8,10-13,15-16,18,21,25,30,33H,3-5,7,9H2,1H3/t15-,18+,21-,25+/m1/s1. The van der Waals surface area contributed by atoms with Crippen molar-refractivity contribution in [2.75, 3.05) is 4.90 Å². The van der Waals surface area contributed by atoms with Crippen molar-refractivity contribution < 1.29 is 9.50 Å². The number of benzene rings is 1.